The highest BCUT2D eigenvalue weighted by Crippen LogP contribution is 2.31. The van der Waals surface area contributed by atoms with Crippen molar-refractivity contribution in [3.63, 3.8) is 0 Å². The van der Waals surface area contributed by atoms with E-state index in [1.54, 1.807) is 0 Å². The Morgan fingerprint density at radius 3 is 2.76 bits per heavy atom. The van der Waals surface area contributed by atoms with E-state index in [0.29, 0.717) is 0 Å². The average Bonchev–Trinajstić information content (AvgIpc) is 2.62. The fourth-order valence-electron chi connectivity index (χ4n) is 2.51. The summed E-state index contributed by atoms with van der Waals surface area (Å²) in [5.41, 5.74) is 6.59. The van der Waals surface area contributed by atoms with E-state index in [-0.39, 0.29) is 0 Å². The summed E-state index contributed by atoms with van der Waals surface area (Å²) in [6.45, 7) is 10.0. The first-order valence-corrected chi connectivity index (χ1v) is 6.21. The van der Waals surface area contributed by atoms with Crippen LogP contribution in [-0.4, -0.2) is 11.9 Å². The number of fused-ring (bicyclic) bond motifs is 1. The van der Waals surface area contributed by atoms with E-state index in [1.165, 1.54) is 27.8 Å². The maximum Gasteiger partial charge on any atom is 0.0240 e. The molecule has 0 fully saturated rings. The van der Waals surface area contributed by atoms with Gasteiger partial charge in [-0.25, -0.2) is 0 Å². The second kappa shape index (κ2) is 4.67. The number of hydrogen-bond donors (Lipinski definition) is 0. The Balaban J connectivity index is 2.64. The Hall–Kier alpha value is -1.05. The van der Waals surface area contributed by atoms with E-state index in [0.717, 1.165) is 18.1 Å². The summed E-state index contributed by atoms with van der Waals surface area (Å²) in [5, 5.41) is 0.808. The lowest BCUT2D eigenvalue weighted by Crippen LogP contribution is -2.07. The summed E-state index contributed by atoms with van der Waals surface area (Å²) in [6, 6.07) is 2.24. The van der Waals surface area contributed by atoms with E-state index in [1.807, 2.05) is 19.1 Å². The van der Waals surface area contributed by atoms with Crippen LogP contribution in [0.25, 0.3) is 12.2 Å². The van der Waals surface area contributed by atoms with Crippen LogP contribution in [0.5, 0.6) is 0 Å². The number of allylic oxidation sites excluding steroid dienone is 1. The lowest BCUT2D eigenvalue weighted by atomic mass is 9.93. The lowest BCUT2D eigenvalue weighted by Gasteiger charge is -2.12. The monoisotopic (exact) mass is 247 g/mol. The third-order valence-electron chi connectivity index (χ3n) is 3.32. The molecule has 2 heteroatoms. The molecule has 1 heterocycles. The molecule has 1 aromatic rings. The predicted molar refractivity (Wildman–Crippen MR) is 75.9 cm³/mol. The van der Waals surface area contributed by atoms with Gasteiger partial charge in [0.25, 0.3) is 0 Å². The van der Waals surface area contributed by atoms with Crippen molar-refractivity contribution in [3.05, 3.63) is 45.5 Å². The Labute approximate surface area is 108 Å². The first-order chi connectivity index (χ1) is 8.02. The van der Waals surface area contributed by atoms with Crippen molar-refractivity contribution in [1.29, 1.82) is 0 Å². The van der Waals surface area contributed by atoms with Crippen molar-refractivity contribution < 1.29 is 0 Å². The van der Waals surface area contributed by atoms with Gasteiger partial charge in [0.15, 0.2) is 0 Å². The van der Waals surface area contributed by atoms with Crippen molar-refractivity contribution in [2.75, 3.05) is 7.05 Å². The van der Waals surface area contributed by atoms with E-state index >= 15 is 0 Å². The molecular formula is C15H18ClN. The quantitative estimate of drug-likeness (QED) is 0.758. The Morgan fingerprint density at radius 1 is 1.47 bits per heavy atom. The zero-order valence-electron chi connectivity index (χ0n) is 10.7. The van der Waals surface area contributed by atoms with E-state index < -0.39 is 0 Å². The fraction of sp³-hybridized carbons (Fsp3) is 0.333. The first kappa shape index (κ1) is 12.4. The molecule has 0 amide bonds. The van der Waals surface area contributed by atoms with Gasteiger partial charge in [-0.2, -0.15) is 0 Å². The van der Waals surface area contributed by atoms with Gasteiger partial charge < -0.3 is 0 Å². The van der Waals surface area contributed by atoms with Gasteiger partial charge in [-0.1, -0.05) is 24.3 Å². The van der Waals surface area contributed by atoms with Crippen LogP contribution in [0.2, 0.25) is 0 Å². The highest BCUT2D eigenvalue weighted by Gasteiger charge is 2.20. The van der Waals surface area contributed by atoms with Crippen LogP contribution >= 0.6 is 11.6 Å². The van der Waals surface area contributed by atoms with Crippen LogP contribution in [-0.2, 0) is 13.1 Å². The number of rotatable bonds is 2. The highest BCUT2D eigenvalue weighted by atomic mass is 35.5. The average molecular weight is 248 g/mol. The van der Waals surface area contributed by atoms with Gasteiger partial charge in [0.05, 0.1) is 0 Å². The zero-order chi connectivity index (χ0) is 12.6. The van der Waals surface area contributed by atoms with Crippen LogP contribution in [0.3, 0.4) is 0 Å². The van der Waals surface area contributed by atoms with Crippen molar-refractivity contribution in [1.82, 2.24) is 4.90 Å². The fourth-order valence-corrected chi connectivity index (χ4v) is 2.62. The largest absolute Gasteiger partial charge is 0.298 e. The highest BCUT2D eigenvalue weighted by molar-refractivity contribution is 6.31. The Kier molecular flexibility index (Phi) is 3.41. The third kappa shape index (κ3) is 2.31. The molecule has 0 unspecified atom stereocenters. The number of benzene rings is 1. The van der Waals surface area contributed by atoms with E-state index in [4.69, 9.17) is 11.6 Å². The summed E-state index contributed by atoms with van der Waals surface area (Å²) >= 11 is 6.01. The molecule has 1 aliphatic rings. The molecule has 0 spiro atoms. The standard InChI is InChI=1S/C15H18ClN/c1-5-12-7-13-8-17(4)9-15(13)11(3)14(12)6-10(2)16/h5-7H,1,8-9H2,2-4H3/b10-6+. The molecule has 0 N–H and O–H groups in total. The van der Waals surface area contributed by atoms with Crippen molar-refractivity contribution in [3.8, 4) is 0 Å². The minimum atomic E-state index is 0.808. The molecule has 17 heavy (non-hydrogen) atoms. The Bertz CT molecular complexity index is 496. The van der Waals surface area contributed by atoms with Gasteiger partial charge >= 0.3 is 0 Å². The predicted octanol–water partition coefficient (Wildman–Crippen LogP) is 4.18. The van der Waals surface area contributed by atoms with Gasteiger partial charge in [0.2, 0.25) is 0 Å². The van der Waals surface area contributed by atoms with Crippen LogP contribution in [0.1, 0.15) is 34.7 Å². The lowest BCUT2D eigenvalue weighted by molar-refractivity contribution is 0.353. The van der Waals surface area contributed by atoms with Crippen molar-refractivity contribution in [2.45, 2.75) is 26.9 Å². The van der Waals surface area contributed by atoms with Gasteiger partial charge in [-0.3, -0.25) is 4.90 Å². The molecule has 0 atom stereocenters. The maximum absolute atomic E-state index is 6.01. The molecule has 1 aromatic carbocycles. The molecule has 0 saturated heterocycles. The number of nitrogens with zero attached hydrogens (tertiary/aromatic N) is 1. The van der Waals surface area contributed by atoms with Crippen LogP contribution in [0.15, 0.2) is 17.7 Å². The first-order valence-electron chi connectivity index (χ1n) is 5.83. The Morgan fingerprint density at radius 2 is 2.18 bits per heavy atom. The van der Waals surface area contributed by atoms with E-state index in [2.05, 4.69) is 31.5 Å². The molecule has 0 bridgehead atoms. The van der Waals surface area contributed by atoms with Crippen LogP contribution in [0, 0.1) is 6.92 Å². The smallest absolute Gasteiger partial charge is 0.0240 e. The summed E-state index contributed by atoms with van der Waals surface area (Å²) in [7, 11) is 2.15. The van der Waals surface area contributed by atoms with Gasteiger partial charge in [-0.05, 0) is 60.9 Å². The topological polar surface area (TPSA) is 3.24 Å². The van der Waals surface area contributed by atoms with Crippen molar-refractivity contribution in [2.24, 2.45) is 0 Å². The molecule has 0 radical (unpaired) electrons. The summed E-state index contributed by atoms with van der Waals surface area (Å²) in [6.07, 6.45) is 3.95. The molecule has 0 saturated carbocycles. The number of halogens is 1. The summed E-state index contributed by atoms with van der Waals surface area (Å²) < 4.78 is 0. The SMILES string of the molecule is C=Cc1cc2c(c(C)c1/C=C(\C)Cl)CN(C)C2. The van der Waals surface area contributed by atoms with Crippen LogP contribution in [0.4, 0.5) is 0 Å². The van der Waals surface area contributed by atoms with Gasteiger partial charge in [0, 0.05) is 18.1 Å². The number of hydrogen-bond acceptors (Lipinski definition) is 1. The normalized spacial score (nSPS) is 16.1. The minimum absolute atomic E-state index is 0.808. The molecule has 90 valence electrons. The second-order valence-corrected chi connectivity index (χ2v) is 5.35. The molecule has 0 aliphatic carbocycles. The van der Waals surface area contributed by atoms with Crippen LogP contribution < -0.4 is 0 Å². The molecule has 1 aliphatic heterocycles. The molecular weight excluding hydrogens is 230 g/mol. The van der Waals surface area contributed by atoms with Gasteiger partial charge in [0.1, 0.15) is 0 Å². The van der Waals surface area contributed by atoms with Crippen molar-refractivity contribution >= 4 is 23.8 Å². The summed E-state index contributed by atoms with van der Waals surface area (Å²) in [5.74, 6) is 0. The minimum Gasteiger partial charge on any atom is -0.298 e. The second-order valence-electron chi connectivity index (χ2n) is 4.75. The summed E-state index contributed by atoms with van der Waals surface area (Å²) in [4.78, 5) is 2.32. The van der Waals surface area contributed by atoms with E-state index in [9.17, 15) is 0 Å². The maximum atomic E-state index is 6.01. The zero-order valence-corrected chi connectivity index (χ0v) is 11.4. The molecule has 2 rings (SSSR count). The molecule has 1 nitrogen and oxygen atoms in total. The molecule has 0 aromatic heterocycles. The van der Waals surface area contributed by atoms with Gasteiger partial charge in [-0.15, -0.1) is 0 Å². The third-order valence-corrected chi connectivity index (χ3v) is 3.43.